The Bertz CT molecular complexity index is 688. The molecule has 0 saturated carbocycles. The van der Waals surface area contributed by atoms with E-state index in [1.54, 1.807) is 0 Å². The third kappa shape index (κ3) is 3.62. The van der Waals surface area contributed by atoms with E-state index in [4.69, 9.17) is 23.2 Å². The molecule has 0 aliphatic heterocycles. The number of benzene rings is 3. The van der Waals surface area contributed by atoms with Crippen molar-refractivity contribution in [2.45, 2.75) is 6.42 Å². The minimum Gasteiger partial charge on any atom is -0.354 e. The van der Waals surface area contributed by atoms with E-state index in [0.717, 1.165) is 23.4 Å². The smallest absolute Gasteiger partial charge is 0.0644 e. The van der Waals surface area contributed by atoms with Crippen molar-refractivity contribution in [1.29, 1.82) is 0 Å². The van der Waals surface area contributed by atoms with Crippen LogP contribution in [-0.2, 0) is 6.42 Å². The number of anilines is 2. The molecule has 0 fully saturated rings. The normalized spacial score (nSPS) is 10.5. The monoisotopic (exact) mass is 327 g/mol. The van der Waals surface area contributed by atoms with Crippen LogP contribution in [0.15, 0.2) is 72.8 Å². The summed E-state index contributed by atoms with van der Waals surface area (Å²) in [7, 11) is 0. The fourth-order valence-corrected chi connectivity index (χ4v) is 2.78. The summed E-state index contributed by atoms with van der Waals surface area (Å²) >= 11 is 12.8. The van der Waals surface area contributed by atoms with Gasteiger partial charge < -0.3 is 5.32 Å². The first-order valence-electron chi connectivity index (χ1n) is 7.06. The molecule has 0 aliphatic carbocycles. The Labute approximate surface area is 140 Å². The van der Waals surface area contributed by atoms with Crippen molar-refractivity contribution >= 4 is 34.6 Å². The van der Waals surface area contributed by atoms with Gasteiger partial charge in [0.15, 0.2) is 0 Å². The van der Waals surface area contributed by atoms with E-state index in [2.05, 4.69) is 17.4 Å². The van der Waals surface area contributed by atoms with E-state index in [1.807, 2.05) is 60.7 Å². The molecule has 1 N–H and O–H groups in total. The van der Waals surface area contributed by atoms with Crippen molar-refractivity contribution in [3.05, 3.63) is 94.0 Å². The lowest BCUT2D eigenvalue weighted by atomic mass is 10.0. The van der Waals surface area contributed by atoms with Crippen molar-refractivity contribution in [3.8, 4) is 0 Å². The van der Waals surface area contributed by atoms with Crippen molar-refractivity contribution in [2.24, 2.45) is 0 Å². The van der Waals surface area contributed by atoms with Crippen LogP contribution in [-0.4, -0.2) is 0 Å². The molecule has 0 atom stereocenters. The topological polar surface area (TPSA) is 12.0 Å². The third-order valence-electron chi connectivity index (χ3n) is 3.43. The fraction of sp³-hybridized carbons (Fsp3) is 0.0526. The lowest BCUT2D eigenvalue weighted by Crippen LogP contribution is -1.95. The molecule has 3 aromatic carbocycles. The van der Waals surface area contributed by atoms with Gasteiger partial charge in [-0.25, -0.2) is 0 Å². The van der Waals surface area contributed by atoms with E-state index in [-0.39, 0.29) is 0 Å². The molecular formula is C19H15Cl2N. The molecule has 3 aromatic rings. The van der Waals surface area contributed by atoms with Crippen LogP contribution in [0, 0.1) is 0 Å². The van der Waals surface area contributed by atoms with Crippen LogP contribution in [0.2, 0.25) is 10.0 Å². The van der Waals surface area contributed by atoms with Gasteiger partial charge in [0.25, 0.3) is 0 Å². The molecule has 0 aromatic heterocycles. The standard InChI is InChI=1S/C19H15Cl2N/c20-17-13-19(22-16-9-5-2-6-10-16)18(21)12-15(17)11-14-7-3-1-4-8-14/h1-10,12-13,22H,11H2. The van der Waals surface area contributed by atoms with Crippen LogP contribution in [0.1, 0.15) is 11.1 Å². The van der Waals surface area contributed by atoms with Crippen molar-refractivity contribution in [1.82, 2.24) is 0 Å². The zero-order valence-electron chi connectivity index (χ0n) is 11.9. The molecule has 0 spiro atoms. The number of para-hydroxylation sites is 1. The second-order valence-corrected chi connectivity index (χ2v) is 5.89. The predicted molar refractivity (Wildman–Crippen MR) is 95.4 cm³/mol. The van der Waals surface area contributed by atoms with E-state index in [9.17, 15) is 0 Å². The van der Waals surface area contributed by atoms with E-state index in [0.29, 0.717) is 10.0 Å². The van der Waals surface area contributed by atoms with E-state index >= 15 is 0 Å². The molecule has 0 saturated heterocycles. The van der Waals surface area contributed by atoms with Crippen LogP contribution in [0.3, 0.4) is 0 Å². The Kier molecular flexibility index (Phi) is 4.67. The van der Waals surface area contributed by atoms with Gasteiger partial charge in [-0.1, -0.05) is 71.7 Å². The maximum atomic E-state index is 6.42. The Morgan fingerprint density at radius 1 is 0.727 bits per heavy atom. The molecule has 0 heterocycles. The van der Waals surface area contributed by atoms with Crippen LogP contribution in [0.5, 0.6) is 0 Å². The minimum atomic E-state index is 0.666. The molecule has 0 amide bonds. The maximum absolute atomic E-state index is 6.42. The van der Waals surface area contributed by atoms with Gasteiger partial charge in [-0.15, -0.1) is 0 Å². The second kappa shape index (κ2) is 6.87. The Morgan fingerprint density at radius 2 is 1.36 bits per heavy atom. The van der Waals surface area contributed by atoms with Gasteiger partial charge in [-0.3, -0.25) is 0 Å². The molecule has 22 heavy (non-hydrogen) atoms. The molecule has 0 unspecified atom stereocenters. The Balaban J connectivity index is 1.85. The quantitative estimate of drug-likeness (QED) is 0.590. The Morgan fingerprint density at radius 3 is 2.05 bits per heavy atom. The van der Waals surface area contributed by atoms with Gasteiger partial charge in [0, 0.05) is 10.7 Å². The average Bonchev–Trinajstić information content (AvgIpc) is 2.54. The van der Waals surface area contributed by atoms with E-state index in [1.165, 1.54) is 5.56 Å². The summed E-state index contributed by atoms with van der Waals surface area (Å²) in [6, 6.07) is 23.9. The summed E-state index contributed by atoms with van der Waals surface area (Å²) in [4.78, 5) is 0. The fourth-order valence-electron chi connectivity index (χ4n) is 2.31. The summed E-state index contributed by atoms with van der Waals surface area (Å²) in [6.45, 7) is 0. The van der Waals surface area contributed by atoms with Gasteiger partial charge in [0.2, 0.25) is 0 Å². The molecule has 0 radical (unpaired) electrons. The molecular weight excluding hydrogens is 313 g/mol. The van der Waals surface area contributed by atoms with Crippen LogP contribution < -0.4 is 5.32 Å². The van der Waals surface area contributed by atoms with Crippen LogP contribution in [0.25, 0.3) is 0 Å². The highest BCUT2D eigenvalue weighted by Crippen LogP contribution is 2.32. The van der Waals surface area contributed by atoms with Gasteiger partial charge in [-0.05, 0) is 41.8 Å². The highest BCUT2D eigenvalue weighted by Gasteiger charge is 2.08. The summed E-state index contributed by atoms with van der Waals surface area (Å²) in [5, 5.41) is 4.67. The molecule has 3 rings (SSSR count). The van der Waals surface area contributed by atoms with Crippen LogP contribution in [0.4, 0.5) is 11.4 Å². The molecule has 3 heteroatoms. The summed E-state index contributed by atoms with van der Waals surface area (Å²) in [6.07, 6.45) is 0.769. The number of hydrogen-bond acceptors (Lipinski definition) is 1. The third-order valence-corrected chi connectivity index (χ3v) is 4.09. The summed E-state index contributed by atoms with van der Waals surface area (Å²) in [5.74, 6) is 0. The molecule has 1 nitrogen and oxygen atoms in total. The summed E-state index contributed by atoms with van der Waals surface area (Å²) < 4.78 is 0. The van der Waals surface area contributed by atoms with Crippen molar-refractivity contribution < 1.29 is 0 Å². The first-order valence-corrected chi connectivity index (χ1v) is 7.82. The van der Waals surface area contributed by atoms with Gasteiger partial charge in [0.05, 0.1) is 10.7 Å². The lowest BCUT2D eigenvalue weighted by molar-refractivity contribution is 1.19. The minimum absolute atomic E-state index is 0.666. The zero-order valence-corrected chi connectivity index (χ0v) is 13.4. The van der Waals surface area contributed by atoms with Gasteiger partial charge in [0.1, 0.15) is 0 Å². The molecule has 0 aliphatic rings. The van der Waals surface area contributed by atoms with Crippen LogP contribution >= 0.6 is 23.2 Å². The first kappa shape index (κ1) is 15.0. The number of halogens is 2. The van der Waals surface area contributed by atoms with Crippen molar-refractivity contribution in [3.63, 3.8) is 0 Å². The molecule has 110 valence electrons. The number of rotatable bonds is 4. The first-order chi connectivity index (χ1) is 10.7. The van der Waals surface area contributed by atoms with E-state index < -0.39 is 0 Å². The number of nitrogens with one attached hydrogen (secondary N) is 1. The zero-order chi connectivity index (χ0) is 15.4. The average molecular weight is 328 g/mol. The van der Waals surface area contributed by atoms with Gasteiger partial charge >= 0.3 is 0 Å². The lowest BCUT2D eigenvalue weighted by Gasteiger charge is -2.12. The SMILES string of the molecule is Clc1cc(Nc2ccccc2)c(Cl)cc1Cc1ccccc1. The highest BCUT2D eigenvalue weighted by molar-refractivity contribution is 6.36. The van der Waals surface area contributed by atoms with Crippen molar-refractivity contribution in [2.75, 3.05) is 5.32 Å². The second-order valence-electron chi connectivity index (χ2n) is 5.08. The highest BCUT2D eigenvalue weighted by atomic mass is 35.5. The summed E-state index contributed by atoms with van der Waals surface area (Å²) in [5.41, 5.74) is 4.03. The number of hydrogen-bond donors (Lipinski definition) is 1. The largest absolute Gasteiger partial charge is 0.354 e. The predicted octanol–water partition coefficient (Wildman–Crippen LogP) is 6.33. The van der Waals surface area contributed by atoms with Gasteiger partial charge in [-0.2, -0.15) is 0 Å². The molecule has 0 bridgehead atoms. The maximum Gasteiger partial charge on any atom is 0.0644 e. The Hall–Kier alpha value is -1.96.